The van der Waals surface area contributed by atoms with Crippen LogP contribution in [-0.4, -0.2) is 15.1 Å². The van der Waals surface area contributed by atoms with Crippen molar-refractivity contribution in [3.63, 3.8) is 0 Å². The molecule has 106 valence electrons. The highest BCUT2D eigenvalue weighted by molar-refractivity contribution is 6.05. The number of fused-ring (bicyclic) bond motifs is 2. The second-order valence-electron chi connectivity index (χ2n) is 5.32. The fourth-order valence-electron chi connectivity index (χ4n) is 2.89. The van der Waals surface area contributed by atoms with Crippen LogP contribution in [0, 0.1) is 6.92 Å². The lowest BCUT2D eigenvalue weighted by Gasteiger charge is -2.11. The number of nitrogens with zero attached hydrogens (tertiary/aromatic N) is 2. The molecule has 0 spiro atoms. The van der Waals surface area contributed by atoms with Crippen molar-refractivity contribution >= 4 is 21.7 Å². The Morgan fingerprint density at radius 3 is 2.36 bits per heavy atom. The molecule has 1 aromatic heterocycles. The molecule has 0 amide bonds. The highest BCUT2D eigenvalue weighted by Crippen LogP contribution is 2.38. The van der Waals surface area contributed by atoms with Gasteiger partial charge in [0.25, 0.3) is 0 Å². The first kappa shape index (κ1) is 12.8. The Labute approximate surface area is 127 Å². The molecule has 1 heterocycles. The van der Waals surface area contributed by atoms with Gasteiger partial charge in [-0.2, -0.15) is 0 Å². The minimum Gasteiger partial charge on any atom is -0.507 e. The smallest absolute Gasteiger partial charge is 0.126 e. The van der Waals surface area contributed by atoms with E-state index in [-0.39, 0.29) is 5.75 Å². The fraction of sp³-hybridized carbons (Fsp3) is 0.0526. The molecule has 0 unspecified atom stereocenters. The first-order valence-corrected chi connectivity index (χ1v) is 7.18. The van der Waals surface area contributed by atoms with Gasteiger partial charge in [-0.3, -0.25) is 0 Å². The molecule has 4 rings (SSSR count). The van der Waals surface area contributed by atoms with Gasteiger partial charge in [-0.1, -0.05) is 48.5 Å². The Balaban J connectivity index is 2.18. The van der Waals surface area contributed by atoms with Crippen molar-refractivity contribution in [1.29, 1.82) is 0 Å². The van der Waals surface area contributed by atoms with Crippen LogP contribution in [-0.2, 0) is 0 Å². The number of para-hydroxylation sites is 1. The molecule has 22 heavy (non-hydrogen) atoms. The van der Waals surface area contributed by atoms with Crippen molar-refractivity contribution in [2.24, 2.45) is 0 Å². The zero-order valence-corrected chi connectivity index (χ0v) is 12.1. The highest BCUT2D eigenvalue weighted by Gasteiger charge is 2.14. The lowest BCUT2D eigenvalue weighted by atomic mass is 9.98. The van der Waals surface area contributed by atoms with Gasteiger partial charge in [0.2, 0.25) is 0 Å². The summed E-state index contributed by atoms with van der Waals surface area (Å²) in [7, 11) is 0. The number of aryl methyl sites for hydroxylation is 1. The number of rotatable bonds is 1. The molecular formula is C19H14N2O. The van der Waals surface area contributed by atoms with Crippen molar-refractivity contribution in [3.05, 3.63) is 66.5 Å². The molecule has 3 nitrogen and oxygen atoms in total. The molecule has 0 fully saturated rings. The van der Waals surface area contributed by atoms with Crippen LogP contribution in [0.5, 0.6) is 5.75 Å². The molecule has 0 atom stereocenters. The molecule has 0 saturated heterocycles. The maximum Gasteiger partial charge on any atom is 0.126 e. The van der Waals surface area contributed by atoms with Gasteiger partial charge < -0.3 is 5.11 Å². The molecule has 0 aliphatic carbocycles. The number of aromatic hydroxyl groups is 1. The first-order valence-electron chi connectivity index (χ1n) is 7.18. The molecule has 0 radical (unpaired) electrons. The molecule has 0 aliphatic rings. The van der Waals surface area contributed by atoms with E-state index in [0.29, 0.717) is 5.82 Å². The van der Waals surface area contributed by atoms with Crippen LogP contribution in [0.1, 0.15) is 5.82 Å². The highest BCUT2D eigenvalue weighted by atomic mass is 16.3. The second kappa shape index (κ2) is 4.81. The molecule has 4 aromatic rings. The monoisotopic (exact) mass is 286 g/mol. The summed E-state index contributed by atoms with van der Waals surface area (Å²) in [6.45, 7) is 1.87. The number of hydrogen-bond acceptors (Lipinski definition) is 3. The standard InChI is InChI=1S/C19H14N2O/c1-12-20-16-9-5-4-8-15(16)19(21-12)18-14-7-3-2-6-13(14)10-11-17(18)22/h2-11,22H,1H3. The summed E-state index contributed by atoms with van der Waals surface area (Å²) in [5.41, 5.74) is 2.43. The lowest BCUT2D eigenvalue weighted by Crippen LogP contribution is -1.95. The third-order valence-electron chi connectivity index (χ3n) is 3.86. The zero-order valence-electron chi connectivity index (χ0n) is 12.1. The SMILES string of the molecule is Cc1nc(-c2c(O)ccc3ccccc23)c2ccccc2n1. The van der Waals surface area contributed by atoms with Gasteiger partial charge in [0.1, 0.15) is 11.6 Å². The lowest BCUT2D eigenvalue weighted by molar-refractivity contribution is 0.478. The number of aromatic nitrogens is 2. The van der Waals surface area contributed by atoms with Crippen LogP contribution in [0.25, 0.3) is 32.9 Å². The van der Waals surface area contributed by atoms with Gasteiger partial charge in [0.15, 0.2) is 0 Å². The summed E-state index contributed by atoms with van der Waals surface area (Å²) in [6, 6.07) is 19.5. The third kappa shape index (κ3) is 1.91. The van der Waals surface area contributed by atoms with Gasteiger partial charge in [-0.05, 0) is 29.8 Å². The van der Waals surface area contributed by atoms with Crippen molar-refractivity contribution < 1.29 is 5.11 Å². The second-order valence-corrected chi connectivity index (χ2v) is 5.32. The summed E-state index contributed by atoms with van der Waals surface area (Å²) in [5, 5.41) is 13.5. The van der Waals surface area contributed by atoms with Crippen LogP contribution in [0.4, 0.5) is 0 Å². The van der Waals surface area contributed by atoms with E-state index >= 15 is 0 Å². The first-order chi connectivity index (χ1) is 10.7. The molecule has 0 bridgehead atoms. The fourth-order valence-corrected chi connectivity index (χ4v) is 2.89. The zero-order chi connectivity index (χ0) is 15.1. The van der Waals surface area contributed by atoms with Crippen LogP contribution >= 0.6 is 0 Å². The van der Waals surface area contributed by atoms with Crippen LogP contribution in [0.3, 0.4) is 0 Å². The topological polar surface area (TPSA) is 46.0 Å². The number of phenols is 1. The van der Waals surface area contributed by atoms with Crippen molar-refractivity contribution in [2.45, 2.75) is 6.92 Å². The van der Waals surface area contributed by atoms with Crippen LogP contribution < -0.4 is 0 Å². The van der Waals surface area contributed by atoms with Gasteiger partial charge in [0, 0.05) is 5.39 Å². The summed E-state index contributed by atoms with van der Waals surface area (Å²) >= 11 is 0. The van der Waals surface area contributed by atoms with E-state index in [1.54, 1.807) is 6.07 Å². The number of phenolic OH excluding ortho intramolecular Hbond substituents is 1. The molecule has 0 aliphatic heterocycles. The van der Waals surface area contributed by atoms with Gasteiger partial charge >= 0.3 is 0 Å². The predicted octanol–water partition coefficient (Wildman–Crippen LogP) is 4.46. The van der Waals surface area contributed by atoms with E-state index in [0.717, 1.165) is 32.9 Å². The van der Waals surface area contributed by atoms with E-state index in [1.165, 1.54) is 0 Å². The summed E-state index contributed by atoms with van der Waals surface area (Å²) in [6.07, 6.45) is 0. The Morgan fingerprint density at radius 2 is 1.50 bits per heavy atom. The van der Waals surface area contributed by atoms with E-state index in [1.807, 2.05) is 61.5 Å². The Morgan fingerprint density at radius 1 is 0.773 bits per heavy atom. The Bertz CT molecular complexity index is 1010. The minimum atomic E-state index is 0.238. The largest absolute Gasteiger partial charge is 0.507 e. The predicted molar refractivity (Wildman–Crippen MR) is 88.9 cm³/mol. The van der Waals surface area contributed by atoms with Crippen molar-refractivity contribution in [1.82, 2.24) is 9.97 Å². The Hall–Kier alpha value is -2.94. The normalized spacial score (nSPS) is 11.1. The maximum absolute atomic E-state index is 10.5. The maximum atomic E-state index is 10.5. The van der Waals surface area contributed by atoms with E-state index in [9.17, 15) is 5.11 Å². The minimum absolute atomic E-state index is 0.238. The van der Waals surface area contributed by atoms with Gasteiger partial charge in [-0.15, -0.1) is 0 Å². The Kier molecular flexibility index (Phi) is 2.79. The van der Waals surface area contributed by atoms with E-state index in [2.05, 4.69) is 9.97 Å². The van der Waals surface area contributed by atoms with E-state index < -0.39 is 0 Å². The van der Waals surface area contributed by atoms with Crippen LogP contribution in [0.2, 0.25) is 0 Å². The summed E-state index contributed by atoms with van der Waals surface area (Å²) in [5.74, 6) is 0.933. The molecule has 3 aromatic carbocycles. The average molecular weight is 286 g/mol. The molecule has 0 saturated carbocycles. The summed E-state index contributed by atoms with van der Waals surface area (Å²) < 4.78 is 0. The van der Waals surface area contributed by atoms with Gasteiger partial charge in [0.05, 0.1) is 16.8 Å². The molecule has 1 N–H and O–H groups in total. The van der Waals surface area contributed by atoms with Crippen LogP contribution in [0.15, 0.2) is 60.7 Å². The molecule has 3 heteroatoms. The third-order valence-corrected chi connectivity index (χ3v) is 3.86. The summed E-state index contributed by atoms with van der Waals surface area (Å²) in [4.78, 5) is 9.09. The van der Waals surface area contributed by atoms with Crippen molar-refractivity contribution in [2.75, 3.05) is 0 Å². The average Bonchev–Trinajstić information content (AvgIpc) is 2.54. The van der Waals surface area contributed by atoms with E-state index in [4.69, 9.17) is 0 Å². The number of hydrogen-bond donors (Lipinski definition) is 1. The van der Waals surface area contributed by atoms with Gasteiger partial charge in [-0.25, -0.2) is 9.97 Å². The van der Waals surface area contributed by atoms with Crippen molar-refractivity contribution in [3.8, 4) is 17.0 Å². The number of benzene rings is 3. The quantitative estimate of drug-likeness (QED) is 0.561. The molecular weight excluding hydrogens is 272 g/mol.